The number of urea groups is 1. The fourth-order valence-corrected chi connectivity index (χ4v) is 2.19. The monoisotopic (exact) mass is 296 g/mol. The van der Waals surface area contributed by atoms with Crippen LogP contribution in [0, 0.1) is 12.7 Å². The van der Waals surface area contributed by atoms with Crippen LogP contribution in [0.3, 0.4) is 0 Å². The lowest BCUT2D eigenvalue weighted by atomic mass is 10.2. The van der Waals surface area contributed by atoms with Gasteiger partial charge in [0.15, 0.2) is 6.10 Å². The molecule has 2 rings (SSSR count). The minimum Gasteiger partial charge on any atom is -0.479 e. The van der Waals surface area contributed by atoms with Crippen molar-refractivity contribution in [2.45, 2.75) is 32.0 Å². The number of hydrogen-bond donors (Lipinski definition) is 3. The summed E-state index contributed by atoms with van der Waals surface area (Å²) < 4.78 is 18.8. The van der Waals surface area contributed by atoms with Crippen LogP contribution in [0.1, 0.15) is 18.4 Å². The Morgan fingerprint density at radius 1 is 1.43 bits per heavy atom. The summed E-state index contributed by atoms with van der Waals surface area (Å²) in [4.78, 5) is 22.5. The number of halogens is 1. The first-order chi connectivity index (χ1) is 9.97. The van der Waals surface area contributed by atoms with E-state index in [1.54, 1.807) is 19.1 Å². The smallest absolute Gasteiger partial charge is 0.332 e. The van der Waals surface area contributed by atoms with Gasteiger partial charge < -0.3 is 20.5 Å². The zero-order chi connectivity index (χ0) is 15.4. The summed E-state index contributed by atoms with van der Waals surface area (Å²) in [5.74, 6) is -1.50. The molecule has 6 nitrogen and oxygen atoms in total. The molecule has 1 aromatic carbocycles. The Morgan fingerprint density at radius 2 is 2.19 bits per heavy atom. The van der Waals surface area contributed by atoms with E-state index in [0.717, 1.165) is 0 Å². The van der Waals surface area contributed by atoms with Crippen molar-refractivity contribution in [3.63, 3.8) is 0 Å². The predicted molar refractivity (Wildman–Crippen MR) is 73.7 cm³/mol. The topological polar surface area (TPSA) is 87.7 Å². The van der Waals surface area contributed by atoms with E-state index in [9.17, 15) is 14.0 Å². The van der Waals surface area contributed by atoms with Crippen molar-refractivity contribution >= 4 is 17.7 Å². The van der Waals surface area contributed by atoms with E-state index in [1.165, 1.54) is 6.07 Å². The molecule has 0 spiro atoms. The fourth-order valence-electron chi connectivity index (χ4n) is 2.19. The Bertz CT molecular complexity index is 530. The van der Waals surface area contributed by atoms with Crippen LogP contribution >= 0.6 is 0 Å². The molecular formula is C14H17FN2O4. The summed E-state index contributed by atoms with van der Waals surface area (Å²) in [6.45, 7) is 1.87. The van der Waals surface area contributed by atoms with Crippen LogP contribution in [0.15, 0.2) is 18.2 Å². The van der Waals surface area contributed by atoms with Crippen molar-refractivity contribution in [3.05, 3.63) is 29.6 Å². The minimum atomic E-state index is -0.996. The van der Waals surface area contributed by atoms with Crippen molar-refractivity contribution in [2.24, 2.45) is 0 Å². The van der Waals surface area contributed by atoms with Gasteiger partial charge in [-0.1, -0.05) is 12.1 Å². The molecule has 1 aliphatic heterocycles. The maximum absolute atomic E-state index is 13.6. The second-order valence-electron chi connectivity index (χ2n) is 4.93. The maximum atomic E-state index is 13.6. The molecule has 2 amide bonds. The number of ether oxygens (including phenoxy) is 1. The normalized spacial score (nSPS) is 21.0. The molecule has 1 heterocycles. The summed E-state index contributed by atoms with van der Waals surface area (Å²) in [7, 11) is 0. The first kappa shape index (κ1) is 15.2. The van der Waals surface area contributed by atoms with Crippen LogP contribution in [0.25, 0.3) is 0 Å². The van der Waals surface area contributed by atoms with Crippen LogP contribution < -0.4 is 10.6 Å². The molecule has 0 aromatic heterocycles. The third-order valence-corrected chi connectivity index (χ3v) is 3.33. The average molecular weight is 296 g/mol. The number of aryl methyl sites for hydroxylation is 1. The van der Waals surface area contributed by atoms with Gasteiger partial charge in [0.1, 0.15) is 5.82 Å². The van der Waals surface area contributed by atoms with Crippen molar-refractivity contribution in [2.75, 3.05) is 11.9 Å². The standard InChI is InChI=1S/C14H17FN2O4/c1-8-3-2-4-10(15)12(8)17-14(20)16-7-9-5-6-11(21-9)13(18)19/h2-4,9,11H,5-7H2,1H3,(H,18,19)(H2,16,17,20). The lowest BCUT2D eigenvalue weighted by Gasteiger charge is -2.14. The highest BCUT2D eigenvalue weighted by Gasteiger charge is 2.30. The van der Waals surface area contributed by atoms with E-state index < -0.39 is 23.9 Å². The van der Waals surface area contributed by atoms with E-state index in [4.69, 9.17) is 9.84 Å². The lowest BCUT2D eigenvalue weighted by Crippen LogP contribution is -2.36. The molecule has 7 heteroatoms. The van der Waals surface area contributed by atoms with Crippen molar-refractivity contribution in [3.8, 4) is 0 Å². The van der Waals surface area contributed by atoms with Gasteiger partial charge in [0.2, 0.25) is 0 Å². The van der Waals surface area contributed by atoms with Gasteiger partial charge in [-0.2, -0.15) is 0 Å². The molecule has 0 bridgehead atoms. The van der Waals surface area contributed by atoms with Crippen molar-refractivity contribution in [1.29, 1.82) is 0 Å². The number of benzene rings is 1. The first-order valence-electron chi connectivity index (χ1n) is 6.65. The van der Waals surface area contributed by atoms with Gasteiger partial charge in [-0.3, -0.25) is 0 Å². The largest absolute Gasteiger partial charge is 0.479 e. The SMILES string of the molecule is Cc1cccc(F)c1NC(=O)NCC1CCC(C(=O)O)O1. The van der Waals surface area contributed by atoms with E-state index in [0.29, 0.717) is 18.4 Å². The third-order valence-electron chi connectivity index (χ3n) is 3.33. The van der Waals surface area contributed by atoms with Gasteiger partial charge >= 0.3 is 12.0 Å². The Balaban J connectivity index is 1.82. The molecule has 1 aromatic rings. The van der Waals surface area contributed by atoms with Crippen LogP contribution in [-0.4, -0.2) is 35.9 Å². The molecule has 2 atom stereocenters. The maximum Gasteiger partial charge on any atom is 0.332 e. The molecule has 1 aliphatic rings. The second kappa shape index (κ2) is 6.53. The van der Waals surface area contributed by atoms with Gasteiger partial charge in [0.05, 0.1) is 11.8 Å². The fraction of sp³-hybridized carbons (Fsp3) is 0.429. The number of para-hydroxylation sites is 1. The van der Waals surface area contributed by atoms with Crippen LogP contribution in [0.2, 0.25) is 0 Å². The number of amides is 2. The molecule has 1 saturated heterocycles. The van der Waals surface area contributed by atoms with Crippen molar-refractivity contribution in [1.82, 2.24) is 5.32 Å². The average Bonchev–Trinajstić information content (AvgIpc) is 2.90. The highest BCUT2D eigenvalue weighted by atomic mass is 19.1. The zero-order valence-corrected chi connectivity index (χ0v) is 11.6. The summed E-state index contributed by atoms with van der Waals surface area (Å²) in [6, 6.07) is 3.97. The molecule has 2 unspecified atom stereocenters. The number of nitrogens with one attached hydrogen (secondary N) is 2. The molecular weight excluding hydrogens is 279 g/mol. The number of carboxylic acids is 1. The first-order valence-corrected chi connectivity index (χ1v) is 6.65. The second-order valence-corrected chi connectivity index (χ2v) is 4.93. The third kappa shape index (κ3) is 3.91. The van der Waals surface area contributed by atoms with E-state index in [2.05, 4.69) is 10.6 Å². The number of hydrogen-bond acceptors (Lipinski definition) is 3. The van der Waals surface area contributed by atoms with Gasteiger partial charge in [-0.05, 0) is 31.4 Å². The predicted octanol–water partition coefficient (Wildman–Crippen LogP) is 1.89. The number of aliphatic carboxylic acids is 1. The lowest BCUT2D eigenvalue weighted by molar-refractivity contribution is -0.149. The Hall–Kier alpha value is -2.15. The summed E-state index contributed by atoms with van der Waals surface area (Å²) in [5.41, 5.74) is 0.749. The quantitative estimate of drug-likeness (QED) is 0.791. The van der Waals surface area contributed by atoms with Crippen molar-refractivity contribution < 1.29 is 23.8 Å². The van der Waals surface area contributed by atoms with E-state index in [-0.39, 0.29) is 18.3 Å². The zero-order valence-electron chi connectivity index (χ0n) is 11.6. The van der Waals surface area contributed by atoms with Crippen LogP contribution in [-0.2, 0) is 9.53 Å². The Kier molecular flexibility index (Phi) is 4.74. The molecule has 1 fully saturated rings. The molecule has 0 saturated carbocycles. The number of anilines is 1. The summed E-state index contributed by atoms with van der Waals surface area (Å²) in [5, 5.41) is 13.8. The molecule has 114 valence electrons. The molecule has 0 aliphatic carbocycles. The van der Waals surface area contributed by atoms with Gasteiger partial charge in [0, 0.05) is 6.54 Å². The van der Waals surface area contributed by atoms with E-state index >= 15 is 0 Å². The number of carboxylic acid groups (broad SMARTS) is 1. The summed E-state index contributed by atoms with van der Waals surface area (Å²) in [6.07, 6.45) is -0.154. The van der Waals surface area contributed by atoms with Crippen LogP contribution in [0.5, 0.6) is 0 Å². The van der Waals surface area contributed by atoms with Crippen LogP contribution in [0.4, 0.5) is 14.9 Å². The Labute approximate surface area is 121 Å². The highest BCUT2D eigenvalue weighted by molar-refractivity contribution is 5.90. The number of carbonyl (C=O) groups is 2. The molecule has 3 N–H and O–H groups in total. The number of rotatable bonds is 4. The highest BCUT2D eigenvalue weighted by Crippen LogP contribution is 2.20. The van der Waals surface area contributed by atoms with E-state index in [1.807, 2.05) is 0 Å². The van der Waals surface area contributed by atoms with Gasteiger partial charge in [0.25, 0.3) is 0 Å². The minimum absolute atomic E-state index is 0.130. The summed E-state index contributed by atoms with van der Waals surface area (Å²) >= 11 is 0. The molecule has 0 radical (unpaired) electrons. The number of carbonyl (C=O) groups excluding carboxylic acids is 1. The Morgan fingerprint density at radius 3 is 2.81 bits per heavy atom. The van der Waals surface area contributed by atoms with Gasteiger partial charge in [-0.15, -0.1) is 0 Å². The molecule has 21 heavy (non-hydrogen) atoms. The van der Waals surface area contributed by atoms with Gasteiger partial charge in [-0.25, -0.2) is 14.0 Å².